The van der Waals surface area contributed by atoms with Crippen LogP contribution in [0.5, 0.6) is 11.5 Å². The molecule has 362 valence electrons. The molecule has 16 nitrogen and oxygen atoms in total. The van der Waals surface area contributed by atoms with Gasteiger partial charge in [0.05, 0.1) is 6.04 Å². The van der Waals surface area contributed by atoms with Crippen LogP contribution < -0.4 is 31.7 Å². The van der Waals surface area contributed by atoms with Gasteiger partial charge in [-0.2, -0.15) is 0 Å². The zero-order valence-corrected chi connectivity index (χ0v) is 40.1. The van der Waals surface area contributed by atoms with Gasteiger partial charge in [-0.1, -0.05) is 48.0 Å². The van der Waals surface area contributed by atoms with E-state index in [1.54, 1.807) is 66.7 Å². The Labute approximate surface area is 402 Å². The summed E-state index contributed by atoms with van der Waals surface area (Å²) in [5.74, 6) is -3.15. The Hall–Kier alpha value is -6.33. The molecule has 68 heavy (non-hydrogen) atoms. The number of phenols is 1. The number of carbonyl (C=O) groups excluding carboxylic acids is 6. The van der Waals surface area contributed by atoms with E-state index >= 15 is 0 Å². The minimum absolute atomic E-state index is 0.0287. The predicted molar refractivity (Wildman–Crippen MR) is 261 cm³/mol. The van der Waals surface area contributed by atoms with E-state index in [1.807, 2.05) is 12.1 Å². The van der Waals surface area contributed by atoms with Crippen molar-refractivity contribution in [1.82, 2.24) is 36.0 Å². The second kappa shape index (κ2) is 23.6. The normalized spacial score (nSPS) is 18.8. The van der Waals surface area contributed by atoms with Crippen molar-refractivity contribution in [2.24, 2.45) is 5.73 Å². The van der Waals surface area contributed by atoms with Crippen molar-refractivity contribution < 1.29 is 38.6 Å². The van der Waals surface area contributed by atoms with E-state index in [4.69, 9.17) is 22.1 Å². The number of unbranched alkanes of at least 4 members (excludes halogenated alkanes) is 1. The first kappa shape index (κ1) is 51.1. The number of hydrogen-bond acceptors (Lipinski definition) is 11. The number of halogens is 1. The van der Waals surface area contributed by atoms with Gasteiger partial charge in [-0.25, -0.2) is 0 Å². The maximum Gasteiger partial charge on any atom is 0.251 e. The highest BCUT2D eigenvalue weighted by Crippen LogP contribution is 2.40. The molecule has 0 spiro atoms. The smallest absolute Gasteiger partial charge is 0.251 e. The Balaban J connectivity index is 1.37. The number of benzene rings is 4. The molecule has 0 aliphatic carbocycles. The molecule has 4 bridgehead atoms. The molecule has 0 aromatic heterocycles. The summed E-state index contributed by atoms with van der Waals surface area (Å²) >= 11 is 6.08. The predicted octanol–water partition coefficient (Wildman–Crippen LogP) is 4.07. The number of ether oxygens (including phenoxy) is 1. The zero-order valence-electron chi connectivity index (χ0n) is 39.3. The highest BCUT2D eigenvalue weighted by Gasteiger charge is 2.36. The first-order chi connectivity index (χ1) is 32.5. The number of aromatic hydroxyl groups is 1. The second-order valence-electron chi connectivity index (χ2n) is 17.7. The molecule has 2 aliphatic heterocycles. The van der Waals surface area contributed by atoms with Crippen molar-refractivity contribution in [2.75, 3.05) is 60.0 Å². The molecule has 0 radical (unpaired) electrons. The molecular weight excluding hydrogens is 888 g/mol. The number of piperazine rings is 1. The Kier molecular flexibility index (Phi) is 17.7. The van der Waals surface area contributed by atoms with E-state index in [0.29, 0.717) is 71.1 Å². The van der Waals surface area contributed by atoms with Crippen LogP contribution in [0.1, 0.15) is 67.6 Å². The van der Waals surface area contributed by atoms with Gasteiger partial charge in [0.1, 0.15) is 42.3 Å². The molecule has 5 unspecified atom stereocenters. The quantitative estimate of drug-likeness (QED) is 0.0881. The molecule has 1 saturated heterocycles. The standard InChI is InChI=1S/C51H63ClN8O8/c1-31(33(3)61)54-49(65)43-29-34-9-19-44(62)40(28-34)41-30-38(16-20-45(41)68-27-26-60-24-22-58(4)23-25-60)46(50(66)55-32(2)47(63)57-43)59(5)51(67)42(8-6-7-21-53)56-48(64)37-12-10-35(11-13-37)36-14-17-39(52)18-15-36/h9-20,28,30-32,42-43,46,62H,6-8,21-27,29,53H2,1-5H3,(H,54,65)(H,55,66)(H,56,64)(H,57,63). The molecule has 5 atom stereocenters. The first-order valence-electron chi connectivity index (χ1n) is 23.1. The lowest BCUT2D eigenvalue weighted by Gasteiger charge is -2.33. The van der Waals surface area contributed by atoms with Gasteiger partial charge in [0.15, 0.2) is 5.78 Å². The van der Waals surface area contributed by atoms with Gasteiger partial charge < -0.3 is 46.6 Å². The molecule has 5 amide bonds. The molecule has 17 heteroatoms. The second-order valence-corrected chi connectivity index (χ2v) is 18.1. The van der Waals surface area contributed by atoms with Crippen molar-refractivity contribution in [1.29, 1.82) is 0 Å². The number of hydrogen-bond donors (Lipinski definition) is 6. The highest BCUT2D eigenvalue weighted by atomic mass is 35.5. The number of ketones is 1. The topological polar surface area (TPSA) is 216 Å². The SMILES string of the molecule is CC(=O)C(C)NC(=O)C1Cc2ccc(O)c(c2)-c2cc(ccc2OCCN2CCN(C)CC2)C(N(C)C(=O)C(CCCCN)NC(=O)c2ccc(-c3ccc(Cl)cc3)cc2)C(=O)NC(C)C(=O)N1. The van der Waals surface area contributed by atoms with Crippen molar-refractivity contribution in [2.45, 2.75) is 76.7 Å². The number of nitrogens with zero attached hydrogens (tertiary/aromatic N) is 3. The van der Waals surface area contributed by atoms with Crippen molar-refractivity contribution >= 4 is 46.9 Å². The van der Waals surface area contributed by atoms with Crippen LogP contribution in [0, 0.1) is 0 Å². The lowest BCUT2D eigenvalue weighted by atomic mass is 9.93. The summed E-state index contributed by atoms with van der Waals surface area (Å²) in [5, 5.41) is 23.2. The van der Waals surface area contributed by atoms with E-state index < -0.39 is 59.7 Å². The molecule has 4 aromatic carbocycles. The monoisotopic (exact) mass is 950 g/mol. The summed E-state index contributed by atoms with van der Waals surface area (Å²) in [6.07, 6.45) is 1.24. The number of carbonyl (C=O) groups is 6. The summed E-state index contributed by atoms with van der Waals surface area (Å²) in [4.78, 5) is 88.9. The van der Waals surface area contributed by atoms with Gasteiger partial charge in [0.25, 0.3) is 5.91 Å². The summed E-state index contributed by atoms with van der Waals surface area (Å²) in [6.45, 7) is 9.27. The Morgan fingerprint density at radius 3 is 2.22 bits per heavy atom. The third-order valence-corrected chi connectivity index (χ3v) is 12.8. The number of amides is 5. The lowest BCUT2D eigenvalue weighted by Crippen LogP contribution is -2.56. The molecule has 0 saturated carbocycles. The van der Waals surface area contributed by atoms with Gasteiger partial charge in [-0.3, -0.25) is 33.7 Å². The Morgan fingerprint density at radius 1 is 0.882 bits per heavy atom. The summed E-state index contributed by atoms with van der Waals surface area (Å²) in [6, 6.07) is 18.4. The molecule has 6 rings (SSSR count). The number of Topliss-reactive ketones (excluding diaryl/α,β-unsaturated/α-hetero) is 1. The number of phenolic OH excluding ortho intramolecular Hbond substituents is 1. The minimum atomic E-state index is -1.38. The van der Waals surface area contributed by atoms with Crippen LogP contribution in [0.25, 0.3) is 22.3 Å². The van der Waals surface area contributed by atoms with Crippen LogP contribution in [0.4, 0.5) is 0 Å². The molecule has 4 aromatic rings. The van der Waals surface area contributed by atoms with E-state index in [2.05, 4.69) is 38.1 Å². The number of fused-ring (bicyclic) bond motifs is 5. The third-order valence-electron chi connectivity index (χ3n) is 12.6. The van der Waals surface area contributed by atoms with Gasteiger partial charge >= 0.3 is 0 Å². The van der Waals surface area contributed by atoms with Gasteiger partial charge in [-0.05, 0) is 124 Å². The average molecular weight is 952 g/mol. The van der Waals surface area contributed by atoms with Crippen LogP contribution >= 0.6 is 11.6 Å². The van der Waals surface area contributed by atoms with Crippen LogP contribution in [-0.4, -0.2) is 139 Å². The molecule has 7 N–H and O–H groups in total. The number of rotatable bonds is 16. The number of nitrogens with one attached hydrogen (secondary N) is 4. The first-order valence-corrected chi connectivity index (χ1v) is 23.5. The van der Waals surface area contributed by atoms with Crippen molar-refractivity contribution in [3.63, 3.8) is 0 Å². The zero-order chi connectivity index (χ0) is 49.1. The Morgan fingerprint density at radius 2 is 1.56 bits per heavy atom. The highest BCUT2D eigenvalue weighted by molar-refractivity contribution is 6.30. The van der Waals surface area contributed by atoms with E-state index in [9.17, 15) is 33.9 Å². The van der Waals surface area contributed by atoms with Gasteiger partial charge in [0.2, 0.25) is 23.6 Å². The fraction of sp³-hybridized carbons (Fsp3) is 0.412. The number of nitrogens with two attached hydrogens (primary N) is 1. The fourth-order valence-corrected chi connectivity index (χ4v) is 8.35. The summed E-state index contributed by atoms with van der Waals surface area (Å²) in [7, 11) is 3.54. The number of likely N-dealkylation sites (N-methyl/N-ethyl adjacent to an activating group) is 2. The van der Waals surface area contributed by atoms with E-state index in [1.165, 1.54) is 38.8 Å². The van der Waals surface area contributed by atoms with Crippen LogP contribution in [-0.2, 0) is 30.4 Å². The summed E-state index contributed by atoms with van der Waals surface area (Å²) in [5.41, 5.74) is 9.55. The molecule has 1 fully saturated rings. The van der Waals surface area contributed by atoms with E-state index in [-0.39, 0.29) is 24.4 Å². The summed E-state index contributed by atoms with van der Waals surface area (Å²) < 4.78 is 6.45. The van der Waals surface area contributed by atoms with Gasteiger partial charge in [0, 0.05) is 67.9 Å². The van der Waals surface area contributed by atoms with E-state index in [0.717, 1.165) is 37.3 Å². The van der Waals surface area contributed by atoms with Crippen LogP contribution in [0.15, 0.2) is 84.9 Å². The maximum atomic E-state index is 14.8. The van der Waals surface area contributed by atoms with Crippen LogP contribution in [0.3, 0.4) is 0 Å². The maximum absolute atomic E-state index is 14.8. The average Bonchev–Trinajstić information content (AvgIpc) is 3.32. The fourth-order valence-electron chi connectivity index (χ4n) is 8.22. The lowest BCUT2D eigenvalue weighted by molar-refractivity contribution is -0.141. The van der Waals surface area contributed by atoms with Gasteiger partial charge in [-0.15, -0.1) is 0 Å². The molecule has 2 aliphatic rings. The molecular formula is C51H63ClN8O8. The van der Waals surface area contributed by atoms with Crippen molar-refractivity contribution in [3.8, 4) is 33.8 Å². The minimum Gasteiger partial charge on any atom is -0.507 e. The third kappa shape index (κ3) is 13.2. The Bertz CT molecular complexity index is 2440. The molecule has 2 heterocycles. The largest absolute Gasteiger partial charge is 0.507 e. The van der Waals surface area contributed by atoms with Crippen molar-refractivity contribution in [3.05, 3.63) is 107 Å². The van der Waals surface area contributed by atoms with Crippen LogP contribution in [0.2, 0.25) is 5.02 Å².